The molecule has 0 spiro atoms. The number of hydrogen-bond donors (Lipinski definition) is 1. The van der Waals surface area contributed by atoms with Crippen molar-refractivity contribution >= 4 is 11.9 Å². The molecule has 1 atom stereocenters. The van der Waals surface area contributed by atoms with E-state index in [1.807, 2.05) is 0 Å². The maximum atomic E-state index is 13.5. The van der Waals surface area contributed by atoms with Gasteiger partial charge in [0, 0.05) is 6.54 Å². The monoisotopic (exact) mass is 333 g/mol. The predicted octanol–water partition coefficient (Wildman–Crippen LogP) is 2.87. The van der Waals surface area contributed by atoms with Crippen molar-refractivity contribution in [3.63, 3.8) is 0 Å². The van der Waals surface area contributed by atoms with Gasteiger partial charge in [-0.3, -0.25) is 4.79 Å². The third-order valence-electron chi connectivity index (χ3n) is 3.37. The number of esters is 1. The van der Waals surface area contributed by atoms with Gasteiger partial charge in [-0.05, 0) is 43.2 Å². The van der Waals surface area contributed by atoms with E-state index in [1.165, 1.54) is 37.3 Å². The number of hydrogen-bond acceptors (Lipinski definition) is 3. The van der Waals surface area contributed by atoms with Crippen molar-refractivity contribution in [2.24, 2.45) is 0 Å². The Hall–Kier alpha value is -2.76. The lowest BCUT2D eigenvalue weighted by Crippen LogP contribution is -2.37. The van der Waals surface area contributed by atoms with Crippen LogP contribution in [0.15, 0.2) is 48.5 Å². The second-order valence-electron chi connectivity index (χ2n) is 5.19. The minimum Gasteiger partial charge on any atom is -0.449 e. The summed E-state index contributed by atoms with van der Waals surface area (Å²) in [7, 11) is 0. The summed E-state index contributed by atoms with van der Waals surface area (Å²) in [6.45, 7) is 1.72. The highest BCUT2D eigenvalue weighted by Crippen LogP contribution is 2.09. The summed E-state index contributed by atoms with van der Waals surface area (Å²) in [4.78, 5) is 23.7. The van der Waals surface area contributed by atoms with Crippen molar-refractivity contribution in [3.8, 4) is 0 Å². The van der Waals surface area contributed by atoms with Crippen LogP contribution in [-0.2, 0) is 16.0 Å². The largest absolute Gasteiger partial charge is 0.449 e. The molecular weight excluding hydrogens is 316 g/mol. The van der Waals surface area contributed by atoms with Gasteiger partial charge in [0.15, 0.2) is 6.10 Å². The zero-order valence-corrected chi connectivity index (χ0v) is 13.1. The van der Waals surface area contributed by atoms with Crippen molar-refractivity contribution in [2.75, 3.05) is 6.54 Å². The molecule has 0 aromatic heterocycles. The lowest BCUT2D eigenvalue weighted by Gasteiger charge is -2.13. The molecule has 0 saturated carbocycles. The van der Waals surface area contributed by atoms with Crippen LogP contribution in [0.2, 0.25) is 0 Å². The second-order valence-corrected chi connectivity index (χ2v) is 5.19. The first-order valence-corrected chi connectivity index (χ1v) is 7.45. The molecule has 0 unspecified atom stereocenters. The van der Waals surface area contributed by atoms with E-state index >= 15 is 0 Å². The van der Waals surface area contributed by atoms with Crippen molar-refractivity contribution in [1.82, 2.24) is 5.32 Å². The molecule has 0 aliphatic heterocycles. The molecule has 24 heavy (non-hydrogen) atoms. The summed E-state index contributed by atoms with van der Waals surface area (Å²) >= 11 is 0. The van der Waals surface area contributed by atoms with E-state index in [1.54, 1.807) is 12.1 Å². The van der Waals surface area contributed by atoms with Crippen molar-refractivity contribution in [2.45, 2.75) is 19.4 Å². The molecule has 4 nitrogen and oxygen atoms in total. The summed E-state index contributed by atoms with van der Waals surface area (Å²) < 4.78 is 31.2. The van der Waals surface area contributed by atoms with E-state index in [4.69, 9.17) is 4.74 Å². The fourth-order valence-electron chi connectivity index (χ4n) is 2.03. The normalized spacial score (nSPS) is 11.6. The highest BCUT2D eigenvalue weighted by molar-refractivity contribution is 5.92. The van der Waals surface area contributed by atoms with E-state index in [9.17, 15) is 18.4 Å². The lowest BCUT2D eigenvalue weighted by molar-refractivity contribution is -0.129. The van der Waals surface area contributed by atoms with Crippen LogP contribution in [0.1, 0.15) is 22.8 Å². The molecular formula is C18H17F2NO3. The molecule has 2 aromatic rings. The van der Waals surface area contributed by atoms with Crippen molar-refractivity contribution < 1.29 is 23.1 Å². The third-order valence-corrected chi connectivity index (χ3v) is 3.37. The lowest BCUT2D eigenvalue weighted by atomic mass is 10.1. The van der Waals surface area contributed by atoms with Gasteiger partial charge in [-0.2, -0.15) is 0 Å². The van der Waals surface area contributed by atoms with Gasteiger partial charge in [-0.1, -0.05) is 24.3 Å². The average Bonchev–Trinajstić information content (AvgIpc) is 2.56. The van der Waals surface area contributed by atoms with Crippen LogP contribution in [-0.4, -0.2) is 24.5 Å². The Kier molecular flexibility index (Phi) is 6.01. The molecule has 0 radical (unpaired) electrons. The zero-order valence-electron chi connectivity index (χ0n) is 13.1. The molecule has 0 fully saturated rings. The van der Waals surface area contributed by atoms with Crippen LogP contribution >= 0.6 is 0 Å². The number of rotatable bonds is 6. The molecule has 0 aliphatic rings. The summed E-state index contributed by atoms with van der Waals surface area (Å²) in [6, 6.07) is 11.3. The van der Waals surface area contributed by atoms with Crippen LogP contribution in [0.5, 0.6) is 0 Å². The van der Waals surface area contributed by atoms with Crippen LogP contribution in [0.3, 0.4) is 0 Å². The summed E-state index contributed by atoms with van der Waals surface area (Å²) in [5.74, 6) is -2.40. The fraction of sp³-hybridized carbons (Fsp3) is 0.222. The Bertz CT molecular complexity index is 716. The summed E-state index contributed by atoms with van der Waals surface area (Å²) in [6.07, 6.45) is -0.537. The second kappa shape index (κ2) is 8.19. The molecule has 1 N–H and O–H groups in total. The SMILES string of the molecule is C[C@@H](OC(=O)c1ccccc1F)C(=O)NCCc1ccc(F)cc1. The molecule has 2 rings (SSSR count). The smallest absolute Gasteiger partial charge is 0.341 e. The third kappa shape index (κ3) is 4.87. The maximum absolute atomic E-state index is 13.5. The fourth-order valence-corrected chi connectivity index (χ4v) is 2.03. The van der Waals surface area contributed by atoms with Gasteiger partial charge in [-0.15, -0.1) is 0 Å². The number of ether oxygens (including phenoxy) is 1. The van der Waals surface area contributed by atoms with Crippen molar-refractivity contribution in [3.05, 3.63) is 71.3 Å². The first-order valence-electron chi connectivity index (χ1n) is 7.45. The highest BCUT2D eigenvalue weighted by Gasteiger charge is 2.20. The molecule has 6 heteroatoms. The Morgan fingerprint density at radius 2 is 1.75 bits per heavy atom. The molecule has 0 aliphatic carbocycles. The number of benzene rings is 2. The van der Waals surface area contributed by atoms with E-state index in [-0.39, 0.29) is 11.4 Å². The van der Waals surface area contributed by atoms with Gasteiger partial charge in [0.1, 0.15) is 11.6 Å². The molecule has 1 amide bonds. The molecule has 0 heterocycles. The average molecular weight is 333 g/mol. The Morgan fingerprint density at radius 3 is 2.42 bits per heavy atom. The summed E-state index contributed by atoms with van der Waals surface area (Å²) in [5.41, 5.74) is 0.649. The number of nitrogens with one attached hydrogen (secondary N) is 1. The minimum absolute atomic E-state index is 0.219. The first kappa shape index (κ1) is 17.6. The maximum Gasteiger partial charge on any atom is 0.341 e. The van der Waals surface area contributed by atoms with Gasteiger partial charge in [0.2, 0.25) is 0 Å². The van der Waals surface area contributed by atoms with Crippen LogP contribution < -0.4 is 5.32 Å². The van der Waals surface area contributed by atoms with Gasteiger partial charge < -0.3 is 10.1 Å². The Labute approximate surface area is 138 Å². The van der Waals surface area contributed by atoms with Gasteiger partial charge in [0.05, 0.1) is 5.56 Å². The standard InChI is InChI=1S/C18H17F2NO3/c1-12(24-18(23)15-4-2-3-5-16(15)20)17(22)21-11-10-13-6-8-14(19)9-7-13/h2-9,12H,10-11H2,1H3,(H,21,22)/t12-/m1/s1. The van der Waals surface area contributed by atoms with Crippen LogP contribution in [0.25, 0.3) is 0 Å². The van der Waals surface area contributed by atoms with E-state index in [2.05, 4.69) is 5.32 Å². The number of amides is 1. The van der Waals surface area contributed by atoms with Crippen LogP contribution in [0.4, 0.5) is 8.78 Å². The Balaban J connectivity index is 1.80. The van der Waals surface area contributed by atoms with Gasteiger partial charge in [-0.25, -0.2) is 13.6 Å². The predicted molar refractivity (Wildman–Crippen MR) is 84.4 cm³/mol. The highest BCUT2D eigenvalue weighted by atomic mass is 19.1. The van der Waals surface area contributed by atoms with Crippen molar-refractivity contribution in [1.29, 1.82) is 0 Å². The number of carbonyl (C=O) groups excluding carboxylic acids is 2. The Morgan fingerprint density at radius 1 is 1.08 bits per heavy atom. The van der Waals surface area contributed by atoms with E-state index in [0.717, 1.165) is 11.6 Å². The summed E-state index contributed by atoms with van der Waals surface area (Å²) in [5, 5.41) is 2.61. The molecule has 0 bridgehead atoms. The molecule has 2 aromatic carbocycles. The first-order chi connectivity index (χ1) is 11.5. The van der Waals surface area contributed by atoms with E-state index in [0.29, 0.717) is 13.0 Å². The van der Waals surface area contributed by atoms with E-state index < -0.39 is 23.8 Å². The minimum atomic E-state index is -1.05. The number of halogens is 2. The topological polar surface area (TPSA) is 55.4 Å². The van der Waals surface area contributed by atoms with Gasteiger partial charge in [0.25, 0.3) is 5.91 Å². The molecule has 126 valence electrons. The quantitative estimate of drug-likeness (QED) is 0.827. The number of carbonyl (C=O) groups is 2. The van der Waals surface area contributed by atoms with Crippen LogP contribution in [0, 0.1) is 11.6 Å². The van der Waals surface area contributed by atoms with Gasteiger partial charge >= 0.3 is 5.97 Å². The zero-order chi connectivity index (χ0) is 17.5. The molecule has 0 saturated heterocycles.